The minimum atomic E-state index is -0.701. The van der Waals surface area contributed by atoms with Gasteiger partial charge in [-0.15, -0.1) is 0 Å². The average molecular weight is 681 g/mol. The number of piperazine rings is 2. The number of nitrogens with one attached hydrogen (secondary N) is 2. The molecule has 1 amide bonds. The number of carbonyl (C=O) groups is 1. The fourth-order valence-electron chi connectivity index (χ4n) is 8.10. The van der Waals surface area contributed by atoms with Crippen LogP contribution in [0.15, 0.2) is 24.4 Å². The maximum Gasteiger partial charge on any atom is 0.225 e. The quantitative estimate of drug-likeness (QED) is 0.324. The summed E-state index contributed by atoms with van der Waals surface area (Å²) >= 11 is 0. The number of carbonyl (C=O) groups excluding carboxylic acids is 1. The van der Waals surface area contributed by atoms with E-state index in [9.17, 15) is 18.7 Å². The van der Waals surface area contributed by atoms with Crippen molar-refractivity contribution in [1.29, 1.82) is 0 Å². The Labute approximate surface area is 286 Å². The van der Waals surface area contributed by atoms with Crippen molar-refractivity contribution in [3.05, 3.63) is 36.0 Å². The Balaban J connectivity index is 1.06. The maximum absolute atomic E-state index is 14.8. The van der Waals surface area contributed by atoms with E-state index in [2.05, 4.69) is 44.4 Å². The van der Waals surface area contributed by atoms with E-state index < -0.39 is 17.9 Å². The topological polar surface area (TPSA) is 118 Å². The number of imidazole rings is 1. The van der Waals surface area contributed by atoms with Gasteiger partial charge in [0.25, 0.3) is 0 Å². The van der Waals surface area contributed by atoms with Crippen LogP contribution in [-0.4, -0.2) is 129 Å². The molecule has 4 heterocycles. The number of aliphatic hydroxyl groups is 1. The minimum absolute atomic E-state index is 0.0192. The van der Waals surface area contributed by atoms with Crippen molar-refractivity contribution < 1.29 is 18.7 Å². The number of amides is 1. The van der Waals surface area contributed by atoms with Crippen molar-refractivity contribution in [2.75, 3.05) is 77.1 Å². The molecule has 4 aliphatic rings. The van der Waals surface area contributed by atoms with E-state index in [-0.39, 0.29) is 35.5 Å². The van der Waals surface area contributed by atoms with Crippen molar-refractivity contribution in [2.24, 2.45) is 11.8 Å². The first-order valence-electron chi connectivity index (χ1n) is 18.0. The zero-order chi connectivity index (χ0) is 34.1. The third-order valence-electron chi connectivity index (χ3n) is 11.3. The SMILES string of the molecule is CN1CCN(C(=O)C2CCC(Nc3ncc4nc(Nc5ccc(F)cc5F)n(C5CCC(C(O)N6CCN(C)CC6)CC5)c4n3)CC2)CC1. The Morgan fingerprint density at radius 1 is 0.878 bits per heavy atom. The van der Waals surface area contributed by atoms with Gasteiger partial charge in [-0.05, 0) is 83.5 Å². The van der Waals surface area contributed by atoms with Crippen molar-refractivity contribution in [3.63, 3.8) is 0 Å². The summed E-state index contributed by atoms with van der Waals surface area (Å²) in [6, 6.07) is 3.63. The molecule has 266 valence electrons. The third kappa shape index (κ3) is 7.67. The molecule has 3 N–H and O–H groups in total. The number of halogens is 2. The van der Waals surface area contributed by atoms with Crippen molar-refractivity contribution in [3.8, 4) is 0 Å². The van der Waals surface area contributed by atoms with E-state index in [1.54, 1.807) is 6.20 Å². The first-order valence-corrected chi connectivity index (χ1v) is 18.0. The van der Waals surface area contributed by atoms with E-state index in [1.165, 1.54) is 12.1 Å². The van der Waals surface area contributed by atoms with Gasteiger partial charge in [-0.3, -0.25) is 14.3 Å². The predicted molar refractivity (Wildman–Crippen MR) is 184 cm³/mol. The summed E-state index contributed by atoms with van der Waals surface area (Å²) in [5.74, 6) is 0.110. The van der Waals surface area contributed by atoms with Crippen molar-refractivity contribution in [1.82, 2.24) is 39.1 Å². The highest BCUT2D eigenvalue weighted by atomic mass is 19.1. The lowest BCUT2D eigenvalue weighted by atomic mass is 9.84. The Bertz CT molecular complexity index is 1590. The van der Waals surface area contributed by atoms with Gasteiger partial charge < -0.3 is 30.4 Å². The average Bonchev–Trinajstić information content (AvgIpc) is 3.47. The van der Waals surface area contributed by atoms with Crippen LogP contribution in [0, 0.1) is 23.5 Å². The molecular formula is C35H50F2N10O2. The standard InChI is InChI=1S/C35H50F2N10O2/c1-43-13-17-45(18-14-43)32(48)23-3-8-26(9-4-23)39-34-38-22-30-31(42-34)47(35(41-30)40-29-12-7-25(36)21-28(29)37)27-10-5-24(6-11-27)33(49)46-19-15-44(2)16-20-46/h7,12,21-24,26-27,33,49H,3-6,8-11,13-20H2,1-2H3,(H,40,41)(H,38,39,42). The first-order chi connectivity index (χ1) is 23.7. The molecule has 2 aliphatic carbocycles. The van der Waals surface area contributed by atoms with Crippen LogP contribution in [0.2, 0.25) is 0 Å². The highest BCUT2D eigenvalue weighted by molar-refractivity contribution is 5.79. The summed E-state index contributed by atoms with van der Waals surface area (Å²) < 4.78 is 30.5. The number of hydrogen-bond donors (Lipinski definition) is 3. The van der Waals surface area contributed by atoms with Gasteiger partial charge in [0.15, 0.2) is 5.65 Å². The van der Waals surface area contributed by atoms with Crippen LogP contribution in [0.25, 0.3) is 11.2 Å². The van der Waals surface area contributed by atoms with E-state index in [0.717, 1.165) is 110 Å². The molecule has 49 heavy (non-hydrogen) atoms. The molecule has 1 atom stereocenters. The Morgan fingerprint density at radius 2 is 1.55 bits per heavy atom. The highest BCUT2D eigenvalue weighted by Gasteiger charge is 2.34. The number of rotatable bonds is 8. The van der Waals surface area contributed by atoms with Gasteiger partial charge in [-0.25, -0.2) is 18.7 Å². The molecular weight excluding hydrogens is 630 g/mol. The number of aliphatic hydroxyl groups excluding tert-OH is 1. The van der Waals surface area contributed by atoms with Crippen LogP contribution >= 0.6 is 0 Å². The molecule has 7 rings (SSSR count). The maximum atomic E-state index is 14.8. The van der Waals surface area contributed by atoms with Gasteiger partial charge in [0.1, 0.15) is 23.4 Å². The lowest BCUT2D eigenvalue weighted by Crippen LogP contribution is -2.51. The molecule has 2 saturated carbocycles. The lowest BCUT2D eigenvalue weighted by Gasteiger charge is -2.41. The monoisotopic (exact) mass is 680 g/mol. The van der Waals surface area contributed by atoms with Crippen LogP contribution in [0.1, 0.15) is 57.4 Å². The van der Waals surface area contributed by atoms with Crippen LogP contribution in [0.4, 0.5) is 26.4 Å². The lowest BCUT2D eigenvalue weighted by molar-refractivity contribution is -0.138. The molecule has 4 fully saturated rings. The Kier molecular flexibility index (Phi) is 10.3. The number of anilines is 3. The summed E-state index contributed by atoms with van der Waals surface area (Å²) in [7, 11) is 4.21. The van der Waals surface area contributed by atoms with E-state index in [0.29, 0.717) is 23.1 Å². The molecule has 2 aliphatic heterocycles. The number of hydrogen-bond acceptors (Lipinski definition) is 10. The Hall–Kier alpha value is -3.46. The molecule has 2 saturated heterocycles. The molecule has 3 aromatic rings. The smallest absolute Gasteiger partial charge is 0.225 e. The number of likely N-dealkylation sites (N-methyl/N-ethyl adjacent to an activating group) is 2. The second-order valence-corrected chi connectivity index (χ2v) is 14.6. The fourth-order valence-corrected chi connectivity index (χ4v) is 8.10. The number of nitrogens with zero attached hydrogens (tertiary/aromatic N) is 8. The molecule has 14 heteroatoms. The summed E-state index contributed by atoms with van der Waals surface area (Å²) in [6.07, 6.45) is 7.92. The van der Waals surface area contributed by atoms with E-state index >= 15 is 0 Å². The predicted octanol–water partition coefficient (Wildman–Crippen LogP) is 3.89. The van der Waals surface area contributed by atoms with Crippen LogP contribution in [0.5, 0.6) is 0 Å². The zero-order valence-corrected chi connectivity index (χ0v) is 28.7. The molecule has 0 spiro atoms. The summed E-state index contributed by atoms with van der Waals surface area (Å²) in [5, 5.41) is 17.9. The fraction of sp³-hybridized carbons (Fsp3) is 0.657. The van der Waals surface area contributed by atoms with Gasteiger partial charge in [-0.1, -0.05) is 0 Å². The molecule has 2 aromatic heterocycles. The van der Waals surface area contributed by atoms with Gasteiger partial charge in [-0.2, -0.15) is 4.98 Å². The summed E-state index contributed by atoms with van der Waals surface area (Å²) in [5.41, 5.74) is 1.35. The molecule has 12 nitrogen and oxygen atoms in total. The molecule has 0 bridgehead atoms. The number of aromatic nitrogens is 4. The van der Waals surface area contributed by atoms with Crippen molar-refractivity contribution >= 4 is 34.7 Å². The van der Waals surface area contributed by atoms with Gasteiger partial charge in [0, 0.05) is 76.4 Å². The molecule has 1 unspecified atom stereocenters. The van der Waals surface area contributed by atoms with E-state index in [1.807, 2.05) is 9.47 Å². The highest BCUT2D eigenvalue weighted by Crippen LogP contribution is 2.39. The Morgan fingerprint density at radius 3 is 2.22 bits per heavy atom. The minimum Gasteiger partial charge on any atom is -0.378 e. The van der Waals surface area contributed by atoms with E-state index in [4.69, 9.17) is 9.97 Å². The number of fused-ring (bicyclic) bond motifs is 1. The second kappa shape index (κ2) is 14.8. The van der Waals surface area contributed by atoms with Gasteiger partial charge in [0.2, 0.25) is 17.8 Å². The normalized spacial score (nSPS) is 26.9. The zero-order valence-electron chi connectivity index (χ0n) is 28.7. The van der Waals surface area contributed by atoms with Crippen molar-refractivity contribution in [2.45, 2.75) is 69.7 Å². The first kappa shape index (κ1) is 34.0. The number of benzene rings is 1. The largest absolute Gasteiger partial charge is 0.378 e. The van der Waals surface area contributed by atoms with Crippen LogP contribution in [0.3, 0.4) is 0 Å². The van der Waals surface area contributed by atoms with Gasteiger partial charge in [0.05, 0.1) is 11.9 Å². The van der Waals surface area contributed by atoms with Crippen LogP contribution < -0.4 is 10.6 Å². The van der Waals surface area contributed by atoms with Crippen LogP contribution in [-0.2, 0) is 4.79 Å². The summed E-state index contributed by atoms with van der Waals surface area (Å²) in [4.78, 5) is 36.3. The molecule has 1 aromatic carbocycles. The summed E-state index contributed by atoms with van der Waals surface area (Å²) in [6.45, 7) is 7.09. The molecule has 0 radical (unpaired) electrons. The second-order valence-electron chi connectivity index (χ2n) is 14.6. The third-order valence-corrected chi connectivity index (χ3v) is 11.3. The van der Waals surface area contributed by atoms with Gasteiger partial charge >= 0.3 is 0 Å².